The molecular formula is C18H17N3O3. The van der Waals surface area contributed by atoms with Crippen LogP contribution in [0.3, 0.4) is 0 Å². The van der Waals surface area contributed by atoms with Gasteiger partial charge in [0, 0.05) is 18.2 Å². The van der Waals surface area contributed by atoms with E-state index >= 15 is 0 Å². The minimum absolute atomic E-state index is 0.216. The van der Waals surface area contributed by atoms with Crippen LogP contribution in [0.25, 0.3) is 22.3 Å². The molecule has 0 bridgehead atoms. The molecule has 3 heterocycles. The summed E-state index contributed by atoms with van der Waals surface area (Å²) >= 11 is 0. The number of aromatic nitrogens is 2. The molecule has 1 aliphatic rings. The van der Waals surface area contributed by atoms with Gasteiger partial charge in [-0.25, -0.2) is 14.8 Å². The molecular weight excluding hydrogens is 306 g/mol. The number of furan rings is 1. The van der Waals surface area contributed by atoms with Gasteiger partial charge in [-0.3, -0.25) is 0 Å². The molecule has 1 aliphatic heterocycles. The van der Waals surface area contributed by atoms with E-state index in [0.717, 1.165) is 36.5 Å². The maximum Gasteiger partial charge on any atom is 0.335 e. The van der Waals surface area contributed by atoms with Gasteiger partial charge in [0.25, 0.3) is 0 Å². The molecule has 1 aromatic carbocycles. The van der Waals surface area contributed by atoms with E-state index in [9.17, 15) is 9.90 Å². The van der Waals surface area contributed by atoms with Crippen molar-refractivity contribution in [3.8, 4) is 11.3 Å². The van der Waals surface area contributed by atoms with Crippen LogP contribution in [-0.4, -0.2) is 33.6 Å². The van der Waals surface area contributed by atoms with Crippen molar-refractivity contribution in [2.45, 2.75) is 25.8 Å². The number of carboxylic acid groups (broad SMARTS) is 1. The molecule has 2 aromatic heterocycles. The van der Waals surface area contributed by atoms with Crippen LogP contribution >= 0.6 is 0 Å². The van der Waals surface area contributed by atoms with E-state index in [-0.39, 0.29) is 5.56 Å². The number of aromatic carboxylic acids is 1. The average molecular weight is 323 g/mol. The first-order valence-corrected chi connectivity index (χ1v) is 7.98. The fraction of sp³-hybridized carbons (Fsp3) is 0.278. The number of carboxylic acids is 1. The first kappa shape index (κ1) is 14.7. The van der Waals surface area contributed by atoms with Crippen molar-refractivity contribution in [2.24, 2.45) is 0 Å². The summed E-state index contributed by atoms with van der Waals surface area (Å²) in [5.74, 6) is -0.176. The van der Waals surface area contributed by atoms with Gasteiger partial charge < -0.3 is 14.4 Å². The van der Waals surface area contributed by atoms with Crippen LogP contribution in [-0.2, 0) is 0 Å². The molecule has 4 rings (SSSR count). The molecule has 1 fully saturated rings. The van der Waals surface area contributed by atoms with Gasteiger partial charge in [0.1, 0.15) is 5.69 Å². The van der Waals surface area contributed by atoms with E-state index in [1.807, 2.05) is 6.07 Å². The highest BCUT2D eigenvalue weighted by Gasteiger charge is 2.26. The standard InChI is InChI=1S/C18H17N3O3/c1-11-3-2-7-21(11)17-16(13-6-8-24-10-13)19-14-5-4-12(18(22)23)9-15(14)20-17/h4-6,8-11H,2-3,7H2,1H3,(H,22,23)/t11-/m0/s1. The monoisotopic (exact) mass is 323 g/mol. The van der Waals surface area contributed by atoms with Crippen molar-refractivity contribution in [3.05, 3.63) is 42.4 Å². The van der Waals surface area contributed by atoms with Crippen molar-refractivity contribution in [3.63, 3.8) is 0 Å². The number of fused-ring (bicyclic) bond motifs is 1. The maximum absolute atomic E-state index is 11.2. The Morgan fingerprint density at radius 1 is 1.29 bits per heavy atom. The van der Waals surface area contributed by atoms with E-state index in [1.54, 1.807) is 30.7 Å². The summed E-state index contributed by atoms with van der Waals surface area (Å²) in [6.07, 6.45) is 5.50. The first-order chi connectivity index (χ1) is 11.6. The number of rotatable bonds is 3. The minimum atomic E-state index is -0.964. The molecule has 0 amide bonds. The van der Waals surface area contributed by atoms with Crippen molar-refractivity contribution in [1.82, 2.24) is 9.97 Å². The Morgan fingerprint density at radius 2 is 2.17 bits per heavy atom. The largest absolute Gasteiger partial charge is 0.478 e. The topological polar surface area (TPSA) is 79.5 Å². The van der Waals surface area contributed by atoms with Crippen molar-refractivity contribution >= 4 is 22.8 Å². The zero-order valence-electron chi connectivity index (χ0n) is 13.3. The molecule has 1 saturated heterocycles. The predicted molar refractivity (Wildman–Crippen MR) is 90.2 cm³/mol. The molecule has 0 unspecified atom stereocenters. The smallest absolute Gasteiger partial charge is 0.335 e. The second-order valence-corrected chi connectivity index (χ2v) is 6.10. The highest BCUT2D eigenvalue weighted by Crippen LogP contribution is 2.34. The SMILES string of the molecule is C[C@H]1CCCN1c1nc2cc(C(=O)O)ccc2nc1-c1ccoc1. The predicted octanol–water partition coefficient (Wildman–Crippen LogP) is 3.58. The number of anilines is 1. The molecule has 0 spiro atoms. The van der Waals surface area contributed by atoms with Gasteiger partial charge in [0.2, 0.25) is 0 Å². The summed E-state index contributed by atoms with van der Waals surface area (Å²) in [5, 5.41) is 9.20. The van der Waals surface area contributed by atoms with Gasteiger partial charge in [-0.05, 0) is 44.0 Å². The lowest BCUT2D eigenvalue weighted by molar-refractivity contribution is 0.0697. The van der Waals surface area contributed by atoms with Gasteiger partial charge in [0.15, 0.2) is 5.82 Å². The Kier molecular flexibility index (Phi) is 3.45. The van der Waals surface area contributed by atoms with Crippen LogP contribution in [0.2, 0.25) is 0 Å². The van der Waals surface area contributed by atoms with Crippen molar-refractivity contribution < 1.29 is 14.3 Å². The second kappa shape index (κ2) is 5.63. The molecule has 3 aromatic rings. The minimum Gasteiger partial charge on any atom is -0.478 e. The normalized spacial score (nSPS) is 17.5. The van der Waals surface area contributed by atoms with E-state index in [2.05, 4.69) is 11.8 Å². The van der Waals surface area contributed by atoms with Crippen molar-refractivity contribution in [2.75, 3.05) is 11.4 Å². The zero-order valence-corrected chi connectivity index (χ0v) is 13.3. The van der Waals surface area contributed by atoms with Gasteiger partial charge in [-0.1, -0.05) is 0 Å². The molecule has 1 atom stereocenters. The molecule has 1 N–H and O–H groups in total. The summed E-state index contributed by atoms with van der Waals surface area (Å²) in [5.41, 5.74) is 3.13. The quantitative estimate of drug-likeness (QED) is 0.793. The fourth-order valence-corrected chi connectivity index (χ4v) is 3.22. The fourth-order valence-electron chi connectivity index (χ4n) is 3.22. The van der Waals surface area contributed by atoms with E-state index in [1.165, 1.54) is 0 Å². The van der Waals surface area contributed by atoms with Crippen molar-refractivity contribution in [1.29, 1.82) is 0 Å². The van der Waals surface area contributed by atoms with E-state index in [0.29, 0.717) is 17.1 Å². The molecule has 6 heteroatoms. The lowest BCUT2D eigenvalue weighted by Gasteiger charge is -2.24. The first-order valence-electron chi connectivity index (χ1n) is 7.98. The number of nitrogens with zero attached hydrogens (tertiary/aromatic N) is 3. The second-order valence-electron chi connectivity index (χ2n) is 6.10. The maximum atomic E-state index is 11.2. The third-order valence-corrected chi connectivity index (χ3v) is 4.51. The highest BCUT2D eigenvalue weighted by molar-refractivity contribution is 5.93. The molecule has 24 heavy (non-hydrogen) atoms. The lowest BCUT2D eigenvalue weighted by atomic mass is 10.1. The number of hydrogen-bond acceptors (Lipinski definition) is 5. The highest BCUT2D eigenvalue weighted by atomic mass is 16.4. The summed E-state index contributed by atoms with van der Waals surface area (Å²) in [7, 11) is 0. The Morgan fingerprint density at radius 3 is 2.83 bits per heavy atom. The van der Waals surface area contributed by atoms with E-state index in [4.69, 9.17) is 14.4 Å². The van der Waals surface area contributed by atoms with Gasteiger partial charge in [-0.2, -0.15) is 0 Å². The molecule has 122 valence electrons. The van der Waals surface area contributed by atoms with Gasteiger partial charge >= 0.3 is 5.97 Å². The number of benzene rings is 1. The van der Waals surface area contributed by atoms with Gasteiger partial charge in [-0.15, -0.1) is 0 Å². The van der Waals surface area contributed by atoms with Crippen LogP contribution in [0.15, 0.2) is 41.2 Å². The summed E-state index contributed by atoms with van der Waals surface area (Å²) in [6, 6.07) is 7.08. The Hall–Kier alpha value is -2.89. The summed E-state index contributed by atoms with van der Waals surface area (Å²) < 4.78 is 5.21. The molecule has 6 nitrogen and oxygen atoms in total. The number of hydrogen-bond donors (Lipinski definition) is 1. The molecule has 0 aliphatic carbocycles. The lowest BCUT2D eigenvalue weighted by Crippen LogP contribution is -2.28. The van der Waals surface area contributed by atoms with Gasteiger partial charge in [0.05, 0.1) is 29.1 Å². The van der Waals surface area contributed by atoms with Crippen LogP contribution in [0.1, 0.15) is 30.1 Å². The summed E-state index contributed by atoms with van der Waals surface area (Å²) in [6.45, 7) is 3.09. The number of carbonyl (C=O) groups is 1. The Bertz CT molecular complexity index is 905. The van der Waals surface area contributed by atoms with Crippen LogP contribution in [0, 0.1) is 0 Å². The third-order valence-electron chi connectivity index (χ3n) is 4.51. The summed E-state index contributed by atoms with van der Waals surface area (Å²) in [4.78, 5) is 23.0. The third kappa shape index (κ3) is 2.40. The van der Waals surface area contributed by atoms with Crippen LogP contribution in [0.5, 0.6) is 0 Å². The van der Waals surface area contributed by atoms with Crippen LogP contribution < -0.4 is 4.90 Å². The Balaban J connectivity index is 1.94. The zero-order chi connectivity index (χ0) is 16.7. The average Bonchev–Trinajstić information content (AvgIpc) is 3.24. The van der Waals surface area contributed by atoms with E-state index < -0.39 is 5.97 Å². The Labute approximate surface area is 138 Å². The molecule has 0 radical (unpaired) electrons. The van der Waals surface area contributed by atoms with Crippen LogP contribution in [0.4, 0.5) is 5.82 Å². The molecule has 0 saturated carbocycles.